The summed E-state index contributed by atoms with van der Waals surface area (Å²) < 4.78 is 8.25. The fraction of sp³-hybridized carbons (Fsp3) is 0.391. The number of aromatic nitrogens is 2. The topological polar surface area (TPSA) is 90.4 Å². The van der Waals surface area contributed by atoms with E-state index >= 15 is 0 Å². The lowest BCUT2D eigenvalue weighted by atomic mass is 9.96. The monoisotopic (exact) mass is 393 g/mol. The van der Waals surface area contributed by atoms with Gasteiger partial charge in [0.25, 0.3) is 0 Å². The summed E-state index contributed by atoms with van der Waals surface area (Å²) in [6, 6.07) is 10.1. The molecule has 0 aliphatic heterocycles. The third-order valence-corrected chi connectivity index (χ3v) is 5.70. The van der Waals surface area contributed by atoms with Crippen LogP contribution < -0.4 is 10.5 Å². The van der Waals surface area contributed by atoms with Crippen LogP contribution in [0.5, 0.6) is 5.75 Å². The van der Waals surface area contributed by atoms with Crippen LogP contribution in [-0.4, -0.2) is 27.0 Å². The molecule has 1 heterocycles. The van der Waals surface area contributed by atoms with Crippen molar-refractivity contribution in [3.05, 3.63) is 42.1 Å². The molecular formula is C23H27N3O3. The van der Waals surface area contributed by atoms with Gasteiger partial charge in [0.1, 0.15) is 5.75 Å². The highest BCUT2D eigenvalue weighted by molar-refractivity contribution is 5.87. The average Bonchev–Trinajstić information content (AvgIpc) is 3.09. The van der Waals surface area contributed by atoms with E-state index in [0.29, 0.717) is 17.9 Å². The smallest absolute Gasteiger partial charge is 0.303 e. The summed E-state index contributed by atoms with van der Waals surface area (Å²) in [5.74, 6) is -0.108. The number of benzene rings is 2. The van der Waals surface area contributed by atoms with Crippen LogP contribution in [0, 0.1) is 0 Å². The van der Waals surface area contributed by atoms with Gasteiger partial charge in [0.15, 0.2) is 0 Å². The molecule has 0 atom stereocenters. The highest BCUT2D eigenvalue weighted by Gasteiger charge is 2.20. The molecule has 0 unspecified atom stereocenters. The quantitative estimate of drug-likeness (QED) is 0.600. The minimum Gasteiger partial charge on any atom is -0.488 e. The molecule has 1 aliphatic carbocycles. The number of hydrogen-bond donors (Lipinski definition) is 2. The molecule has 2 aromatic carbocycles. The van der Waals surface area contributed by atoms with Gasteiger partial charge in [0, 0.05) is 24.4 Å². The van der Waals surface area contributed by atoms with Gasteiger partial charge in [-0.1, -0.05) is 12.5 Å². The van der Waals surface area contributed by atoms with E-state index in [-0.39, 0.29) is 12.5 Å². The van der Waals surface area contributed by atoms with E-state index in [4.69, 9.17) is 15.6 Å². The van der Waals surface area contributed by atoms with E-state index in [9.17, 15) is 4.79 Å². The van der Waals surface area contributed by atoms with Crippen molar-refractivity contribution in [3.63, 3.8) is 0 Å². The first-order valence-corrected chi connectivity index (χ1v) is 10.2. The molecule has 29 heavy (non-hydrogen) atoms. The number of nitrogens with two attached hydrogens (primary N) is 1. The molecule has 152 valence electrons. The molecular weight excluding hydrogens is 366 g/mol. The largest absolute Gasteiger partial charge is 0.488 e. The summed E-state index contributed by atoms with van der Waals surface area (Å²) in [5.41, 5.74) is 10.9. The minimum absolute atomic E-state index is 0.0728. The number of carbonyl (C=O) groups is 1. The molecule has 6 nitrogen and oxygen atoms in total. The number of aliphatic carboxylic acids is 1. The summed E-state index contributed by atoms with van der Waals surface area (Å²) >= 11 is 0. The number of anilines is 1. The SMILES string of the molecule is Cn1ncc2cc(-c3cc(CCC(=O)O)cc(N)c3OC3CCCCC3)ccc21. The molecule has 0 radical (unpaired) electrons. The second-order valence-electron chi connectivity index (χ2n) is 7.88. The van der Waals surface area contributed by atoms with Crippen molar-refractivity contribution < 1.29 is 14.6 Å². The zero-order chi connectivity index (χ0) is 20.4. The number of rotatable bonds is 6. The second-order valence-corrected chi connectivity index (χ2v) is 7.88. The van der Waals surface area contributed by atoms with Crippen LogP contribution >= 0.6 is 0 Å². The third-order valence-electron chi connectivity index (χ3n) is 5.70. The fourth-order valence-corrected chi connectivity index (χ4v) is 4.14. The van der Waals surface area contributed by atoms with E-state index in [1.54, 1.807) is 0 Å². The van der Waals surface area contributed by atoms with Gasteiger partial charge in [-0.25, -0.2) is 0 Å². The number of nitrogen functional groups attached to an aromatic ring is 1. The Hall–Kier alpha value is -3.02. The lowest BCUT2D eigenvalue weighted by molar-refractivity contribution is -0.136. The normalized spacial score (nSPS) is 14.9. The maximum atomic E-state index is 11.0. The Kier molecular flexibility index (Phi) is 5.43. The summed E-state index contributed by atoms with van der Waals surface area (Å²) in [7, 11) is 1.92. The molecule has 1 aromatic heterocycles. The first-order valence-electron chi connectivity index (χ1n) is 10.2. The summed E-state index contributed by atoms with van der Waals surface area (Å²) in [6.07, 6.45) is 8.23. The number of carboxylic acids is 1. The molecule has 0 amide bonds. The van der Waals surface area contributed by atoms with Crippen LogP contribution in [0.4, 0.5) is 5.69 Å². The number of hydrogen-bond acceptors (Lipinski definition) is 4. The second kappa shape index (κ2) is 8.15. The van der Waals surface area contributed by atoms with Gasteiger partial charge in [-0.15, -0.1) is 0 Å². The van der Waals surface area contributed by atoms with Gasteiger partial charge in [-0.3, -0.25) is 9.48 Å². The Morgan fingerprint density at radius 3 is 2.79 bits per heavy atom. The number of aryl methyl sites for hydroxylation is 2. The molecule has 3 N–H and O–H groups in total. The number of fused-ring (bicyclic) bond motifs is 1. The Bertz CT molecular complexity index is 1040. The van der Waals surface area contributed by atoms with Crippen molar-refractivity contribution in [3.8, 4) is 16.9 Å². The van der Waals surface area contributed by atoms with Crippen molar-refractivity contribution in [2.45, 2.75) is 51.0 Å². The molecule has 0 spiro atoms. The predicted octanol–water partition coefficient (Wildman–Crippen LogP) is 4.55. The van der Waals surface area contributed by atoms with E-state index in [1.807, 2.05) is 42.2 Å². The van der Waals surface area contributed by atoms with Crippen molar-refractivity contribution >= 4 is 22.6 Å². The lowest BCUT2D eigenvalue weighted by Gasteiger charge is -2.26. The molecule has 1 aliphatic rings. The van der Waals surface area contributed by atoms with E-state index in [0.717, 1.165) is 40.4 Å². The van der Waals surface area contributed by atoms with E-state index in [2.05, 4.69) is 11.2 Å². The highest BCUT2D eigenvalue weighted by Crippen LogP contribution is 2.39. The van der Waals surface area contributed by atoms with Gasteiger partial charge in [0.05, 0.1) is 23.5 Å². The Balaban J connectivity index is 1.76. The third kappa shape index (κ3) is 4.21. The first kappa shape index (κ1) is 19.3. The van der Waals surface area contributed by atoms with Crippen LogP contribution in [0.3, 0.4) is 0 Å². The van der Waals surface area contributed by atoms with Gasteiger partial charge in [-0.2, -0.15) is 5.10 Å². The van der Waals surface area contributed by atoms with Gasteiger partial charge >= 0.3 is 5.97 Å². The fourth-order valence-electron chi connectivity index (χ4n) is 4.14. The van der Waals surface area contributed by atoms with E-state index < -0.39 is 5.97 Å². The van der Waals surface area contributed by atoms with Gasteiger partial charge in [0.2, 0.25) is 0 Å². The van der Waals surface area contributed by atoms with Crippen molar-refractivity contribution in [1.29, 1.82) is 0 Å². The van der Waals surface area contributed by atoms with Crippen molar-refractivity contribution in [2.75, 3.05) is 5.73 Å². The number of nitrogens with zero attached hydrogens (tertiary/aromatic N) is 2. The Labute approximate surface area is 170 Å². The van der Waals surface area contributed by atoms with Gasteiger partial charge < -0.3 is 15.6 Å². The zero-order valence-electron chi connectivity index (χ0n) is 16.7. The highest BCUT2D eigenvalue weighted by atomic mass is 16.5. The average molecular weight is 393 g/mol. The van der Waals surface area contributed by atoms with Crippen LogP contribution in [0.15, 0.2) is 36.5 Å². The molecule has 6 heteroatoms. The summed E-state index contributed by atoms with van der Waals surface area (Å²) in [5, 5.41) is 14.4. The summed E-state index contributed by atoms with van der Waals surface area (Å²) in [4.78, 5) is 11.0. The van der Waals surface area contributed by atoms with Crippen LogP contribution in [0.2, 0.25) is 0 Å². The Morgan fingerprint density at radius 2 is 2.03 bits per heavy atom. The van der Waals surface area contributed by atoms with Crippen LogP contribution in [-0.2, 0) is 18.3 Å². The summed E-state index contributed by atoms with van der Waals surface area (Å²) in [6.45, 7) is 0. The number of ether oxygens (including phenoxy) is 1. The van der Waals surface area contributed by atoms with Crippen LogP contribution in [0.25, 0.3) is 22.0 Å². The molecule has 1 saturated carbocycles. The van der Waals surface area contributed by atoms with Crippen molar-refractivity contribution in [1.82, 2.24) is 9.78 Å². The predicted molar refractivity (Wildman–Crippen MR) is 114 cm³/mol. The van der Waals surface area contributed by atoms with Crippen molar-refractivity contribution in [2.24, 2.45) is 7.05 Å². The molecule has 0 bridgehead atoms. The first-order chi connectivity index (χ1) is 14.0. The molecule has 3 aromatic rings. The molecule has 4 rings (SSSR count). The minimum atomic E-state index is -0.815. The van der Waals surface area contributed by atoms with Crippen LogP contribution in [0.1, 0.15) is 44.1 Å². The number of carboxylic acid groups (broad SMARTS) is 1. The maximum absolute atomic E-state index is 11.0. The lowest BCUT2D eigenvalue weighted by Crippen LogP contribution is -2.20. The molecule has 1 fully saturated rings. The Morgan fingerprint density at radius 1 is 1.24 bits per heavy atom. The molecule has 0 saturated heterocycles. The maximum Gasteiger partial charge on any atom is 0.303 e. The standard InChI is InChI=1S/C23H27N3O3/c1-26-21-9-8-16(13-17(21)14-25-26)19-11-15(7-10-22(27)28)12-20(24)23(19)29-18-5-3-2-4-6-18/h8-9,11-14,18H,2-7,10,24H2,1H3,(H,27,28). The zero-order valence-corrected chi connectivity index (χ0v) is 16.7. The van der Waals surface area contributed by atoms with E-state index in [1.165, 1.54) is 19.3 Å². The van der Waals surface area contributed by atoms with Gasteiger partial charge in [-0.05, 0) is 67.5 Å².